The first-order valence-corrected chi connectivity index (χ1v) is 10.7. The SMILES string of the molecule is OC(COc1ccc2c(c1)CCC2)Cn1c(C2CCOCC2)nc2ccccc21. The van der Waals surface area contributed by atoms with Crippen molar-refractivity contribution in [3.8, 4) is 5.75 Å². The van der Waals surface area contributed by atoms with Gasteiger partial charge in [0.2, 0.25) is 0 Å². The van der Waals surface area contributed by atoms with Gasteiger partial charge in [-0.15, -0.1) is 0 Å². The Labute approximate surface area is 171 Å². The molecule has 2 aliphatic rings. The fourth-order valence-electron chi connectivity index (χ4n) is 4.65. The Kier molecular flexibility index (Phi) is 5.25. The zero-order valence-electron chi connectivity index (χ0n) is 16.7. The van der Waals surface area contributed by atoms with Gasteiger partial charge in [0.05, 0.1) is 17.6 Å². The van der Waals surface area contributed by atoms with E-state index in [4.69, 9.17) is 14.5 Å². The van der Waals surface area contributed by atoms with Gasteiger partial charge in [0.1, 0.15) is 24.3 Å². The van der Waals surface area contributed by atoms with Crippen molar-refractivity contribution in [2.45, 2.75) is 50.7 Å². The summed E-state index contributed by atoms with van der Waals surface area (Å²) in [6, 6.07) is 14.5. The second-order valence-corrected chi connectivity index (χ2v) is 8.20. The first-order chi connectivity index (χ1) is 14.3. The minimum absolute atomic E-state index is 0.276. The topological polar surface area (TPSA) is 56.5 Å². The first-order valence-electron chi connectivity index (χ1n) is 10.7. The maximum atomic E-state index is 10.8. The van der Waals surface area contributed by atoms with Gasteiger partial charge in [0.25, 0.3) is 0 Å². The quantitative estimate of drug-likeness (QED) is 0.692. The zero-order valence-corrected chi connectivity index (χ0v) is 16.7. The van der Waals surface area contributed by atoms with Gasteiger partial charge in [-0.25, -0.2) is 4.98 Å². The Bertz CT molecular complexity index is 991. The highest BCUT2D eigenvalue weighted by molar-refractivity contribution is 5.76. The molecule has 0 bridgehead atoms. The number of imidazole rings is 1. The smallest absolute Gasteiger partial charge is 0.119 e. The van der Waals surface area contributed by atoms with E-state index in [0.29, 0.717) is 12.5 Å². The summed E-state index contributed by atoms with van der Waals surface area (Å²) in [7, 11) is 0. The highest BCUT2D eigenvalue weighted by atomic mass is 16.5. The van der Waals surface area contributed by atoms with Crippen LogP contribution in [-0.4, -0.2) is 40.6 Å². The second-order valence-electron chi connectivity index (χ2n) is 8.20. The van der Waals surface area contributed by atoms with E-state index in [1.807, 2.05) is 24.3 Å². The number of fused-ring (bicyclic) bond motifs is 2. The van der Waals surface area contributed by atoms with Crippen molar-refractivity contribution in [3.63, 3.8) is 0 Å². The molecular weight excluding hydrogens is 364 g/mol. The molecule has 29 heavy (non-hydrogen) atoms. The Morgan fingerprint density at radius 1 is 1.10 bits per heavy atom. The van der Waals surface area contributed by atoms with Crippen molar-refractivity contribution >= 4 is 11.0 Å². The summed E-state index contributed by atoms with van der Waals surface area (Å²) < 4.78 is 13.6. The predicted octanol–water partition coefficient (Wildman–Crippen LogP) is 3.86. The number of para-hydroxylation sites is 2. The lowest BCUT2D eigenvalue weighted by atomic mass is 9.99. The summed E-state index contributed by atoms with van der Waals surface area (Å²) in [5.41, 5.74) is 4.88. The van der Waals surface area contributed by atoms with Crippen molar-refractivity contribution in [2.24, 2.45) is 0 Å². The largest absolute Gasteiger partial charge is 0.491 e. The van der Waals surface area contributed by atoms with E-state index >= 15 is 0 Å². The third kappa shape index (κ3) is 3.89. The predicted molar refractivity (Wildman–Crippen MR) is 112 cm³/mol. The molecule has 5 nitrogen and oxygen atoms in total. The first kappa shape index (κ1) is 18.6. The molecule has 0 amide bonds. The second kappa shape index (κ2) is 8.17. The lowest BCUT2D eigenvalue weighted by Gasteiger charge is -2.23. The van der Waals surface area contributed by atoms with Gasteiger partial charge in [-0.05, 0) is 67.5 Å². The van der Waals surface area contributed by atoms with E-state index in [2.05, 4.69) is 22.8 Å². The molecule has 5 heteroatoms. The number of aliphatic hydroxyl groups is 1. The van der Waals surface area contributed by atoms with Gasteiger partial charge in [0, 0.05) is 19.1 Å². The van der Waals surface area contributed by atoms with Crippen LogP contribution in [0, 0.1) is 0 Å². The van der Waals surface area contributed by atoms with Crippen molar-refractivity contribution < 1.29 is 14.6 Å². The van der Waals surface area contributed by atoms with Crippen LogP contribution in [0.5, 0.6) is 5.75 Å². The number of hydrogen-bond acceptors (Lipinski definition) is 4. The Balaban J connectivity index is 1.32. The summed E-state index contributed by atoms with van der Waals surface area (Å²) in [5.74, 6) is 2.29. The zero-order chi connectivity index (χ0) is 19.6. The summed E-state index contributed by atoms with van der Waals surface area (Å²) in [6.07, 6.45) is 4.88. The van der Waals surface area contributed by atoms with Gasteiger partial charge >= 0.3 is 0 Å². The molecule has 1 atom stereocenters. The minimum atomic E-state index is -0.598. The Hall–Kier alpha value is -2.37. The van der Waals surface area contributed by atoms with Gasteiger partial charge < -0.3 is 19.1 Å². The standard InChI is InChI=1S/C24H28N2O3/c27-20(16-29-21-9-8-17-4-3-5-19(17)14-21)15-26-23-7-2-1-6-22(23)25-24(26)18-10-12-28-13-11-18/h1-2,6-9,14,18,20,27H,3-5,10-13,15-16H2. The van der Waals surface area contributed by atoms with Crippen molar-refractivity contribution in [3.05, 3.63) is 59.4 Å². The number of rotatable bonds is 6. The lowest BCUT2D eigenvalue weighted by molar-refractivity contribution is 0.0780. The number of aromatic nitrogens is 2. The Morgan fingerprint density at radius 3 is 2.83 bits per heavy atom. The van der Waals surface area contributed by atoms with Crippen LogP contribution < -0.4 is 4.74 Å². The highest BCUT2D eigenvalue weighted by Gasteiger charge is 2.24. The van der Waals surface area contributed by atoms with Crippen LogP contribution in [0.2, 0.25) is 0 Å². The molecule has 5 rings (SSSR count). The molecule has 2 aromatic carbocycles. The average Bonchev–Trinajstić information content (AvgIpc) is 3.37. The van der Waals surface area contributed by atoms with Gasteiger partial charge in [-0.1, -0.05) is 18.2 Å². The third-order valence-corrected chi connectivity index (χ3v) is 6.18. The molecule has 0 radical (unpaired) electrons. The molecule has 0 spiro atoms. The monoisotopic (exact) mass is 392 g/mol. The average molecular weight is 392 g/mol. The summed E-state index contributed by atoms with van der Waals surface area (Å²) in [5, 5.41) is 10.8. The maximum Gasteiger partial charge on any atom is 0.119 e. The van der Waals surface area contributed by atoms with E-state index in [1.165, 1.54) is 24.0 Å². The molecule has 1 aliphatic carbocycles. The van der Waals surface area contributed by atoms with Crippen LogP contribution in [0.1, 0.15) is 42.1 Å². The number of benzene rings is 2. The molecule has 152 valence electrons. The number of aliphatic hydroxyl groups excluding tert-OH is 1. The lowest BCUT2D eigenvalue weighted by Crippen LogP contribution is -2.26. The van der Waals surface area contributed by atoms with Crippen LogP contribution in [0.3, 0.4) is 0 Å². The van der Waals surface area contributed by atoms with Crippen LogP contribution >= 0.6 is 0 Å². The van der Waals surface area contributed by atoms with E-state index in [-0.39, 0.29) is 6.61 Å². The normalized spacial score (nSPS) is 18.1. The molecule has 1 aliphatic heterocycles. The van der Waals surface area contributed by atoms with Crippen LogP contribution in [0.25, 0.3) is 11.0 Å². The van der Waals surface area contributed by atoms with E-state index in [9.17, 15) is 5.11 Å². The number of hydrogen-bond donors (Lipinski definition) is 1. The number of aryl methyl sites for hydroxylation is 2. The number of ether oxygens (including phenoxy) is 2. The van der Waals surface area contributed by atoms with Crippen LogP contribution in [0.15, 0.2) is 42.5 Å². The molecule has 1 unspecified atom stereocenters. The number of nitrogens with zero attached hydrogens (tertiary/aromatic N) is 2. The van der Waals surface area contributed by atoms with E-state index in [1.54, 1.807) is 0 Å². The van der Waals surface area contributed by atoms with Gasteiger partial charge in [-0.3, -0.25) is 0 Å². The Morgan fingerprint density at radius 2 is 1.93 bits per heavy atom. The molecule has 1 aromatic heterocycles. The molecule has 0 saturated carbocycles. The molecule has 2 heterocycles. The highest BCUT2D eigenvalue weighted by Crippen LogP contribution is 2.30. The summed E-state index contributed by atoms with van der Waals surface area (Å²) in [4.78, 5) is 4.90. The molecular formula is C24H28N2O3. The van der Waals surface area contributed by atoms with Crippen molar-refractivity contribution in [2.75, 3.05) is 19.8 Å². The van der Waals surface area contributed by atoms with E-state index < -0.39 is 6.10 Å². The third-order valence-electron chi connectivity index (χ3n) is 6.18. The van der Waals surface area contributed by atoms with Crippen molar-refractivity contribution in [1.29, 1.82) is 0 Å². The maximum absolute atomic E-state index is 10.8. The van der Waals surface area contributed by atoms with Crippen LogP contribution in [-0.2, 0) is 24.1 Å². The summed E-state index contributed by atoms with van der Waals surface area (Å²) >= 11 is 0. The molecule has 1 N–H and O–H groups in total. The van der Waals surface area contributed by atoms with Gasteiger partial charge in [0.15, 0.2) is 0 Å². The molecule has 1 fully saturated rings. The van der Waals surface area contributed by atoms with E-state index in [0.717, 1.165) is 55.1 Å². The molecule has 1 saturated heterocycles. The fraction of sp³-hybridized carbons (Fsp3) is 0.458. The minimum Gasteiger partial charge on any atom is -0.491 e. The van der Waals surface area contributed by atoms with Gasteiger partial charge in [-0.2, -0.15) is 0 Å². The van der Waals surface area contributed by atoms with Crippen LogP contribution in [0.4, 0.5) is 0 Å². The fourth-order valence-corrected chi connectivity index (χ4v) is 4.65. The molecule has 3 aromatic rings. The summed E-state index contributed by atoms with van der Waals surface area (Å²) in [6.45, 7) is 2.31. The van der Waals surface area contributed by atoms with Crippen molar-refractivity contribution in [1.82, 2.24) is 9.55 Å².